The Labute approximate surface area is 138 Å². The second kappa shape index (κ2) is 6.85. The van der Waals surface area contributed by atoms with Gasteiger partial charge in [-0.05, 0) is 29.8 Å². The number of ether oxygens (including phenoxy) is 1. The maximum absolute atomic E-state index is 5.90. The lowest BCUT2D eigenvalue weighted by Gasteiger charge is -2.10. The van der Waals surface area contributed by atoms with Gasteiger partial charge in [-0.2, -0.15) is 0 Å². The van der Waals surface area contributed by atoms with Crippen molar-refractivity contribution < 1.29 is 4.74 Å². The fraction of sp³-hybridized carbons (Fsp3) is 0.125. The van der Waals surface area contributed by atoms with Crippen LogP contribution in [0, 0.1) is 0 Å². The average Bonchev–Trinajstić information content (AvgIpc) is 3.02. The fourth-order valence-corrected chi connectivity index (χ4v) is 3.05. The summed E-state index contributed by atoms with van der Waals surface area (Å²) in [5.74, 6) is 1.58. The average molecular weight is 332 g/mol. The van der Waals surface area contributed by atoms with Crippen LogP contribution in [0.2, 0.25) is 5.02 Å². The summed E-state index contributed by atoms with van der Waals surface area (Å²) >= 11 is 7.52. The van der Waals surface area contributed by atoms with Crippen LogP contribution < -0.4 is 4.74 Å². The third-order valence-electron chi connectivity index (χ3n) is 3.14. The van der Waals surface area contributed by atoms with Crippen molar-refractivity contribution in [3.05, 3.63) is 65.4 Å². The Morgan fingerprint density at radius 3 is 2.68 bits per heavy atom. The van der Waals surface area contributed by atoms with E-state index in [1.807, 2.05) is 53.1 Å². The van der Waals surface area contributed by atoms with Gasteiger partial charge in [-0.3, -0.25) is 4.57 Å². The lowest BCUT2D eigenvalue weighted by atomic mass is 10.2. The fourth-order valence-electron chi connectivity index (χ4n) is 2.05. The topological polar surface area (TPSA) is 39.9 Å². The van der Waals surface area contributed by atoms with Crippen LogP contribution in [0.5, 0.6) is 5.75 Å². The Morgan fingerprint density at radius 1 is 1.14 bits per heavy atom. The molecule has 0 saturated heterocycles. The molecule has 6 heteroatoms. The van der Waals surface area contributed by atoms with Crippen molar-refractivity contribution in [1.29, 1.82) is 0 Å². The predicted octanol–water partition coefficient (Wildman–Crippen LogP) is 4.22. The van der Waals surface area contributed by atoms with Crippen LogP contribution in [-0.4, -0.2) is 21.9 Å². The molecular formula is C16H14ClN3OS. The third-order valence-corrected chi connectivity index (χ3v) is 4.41. The molecule has 0 spiro atoms. The zero-order valence-electron chi connectivity index (χ0n) is 11.9. The molecule has 0 amide bonds. The van der Waals surface area contributed by atoms with Crippen molar-refractivity contribution in [3.8, 4) is 11.4 Å². The van der Waals surface area contributed by atoms with Gasteiger partial charge in [0, 0.05) is 10.8 Å². The first-order valence-electron chi connectivity index (χ1n) is 6.68. The Bertz CT molecular complexity index is 758. The number of hydrogen-bond donors (Lipinski definition) is 0. The van der Waals surface area contributed by atoms with Gasteiger partial charge in [0.2, 0.25) is 0 Å². The number of aromatic nitrogens is 3. The second-order valence-electron chi connectivity index (χ2n) is 4.57. The summed E-state index contributed by atoms with van der Waals surface area (Å²) in [5.41, 5.74) is 2.11. The molecule has 4 nitrogen and oxygen atoms in total. The highest BCUT2D eigenvalue weighted by atomic mass is 35.5. The molecule has 1 aromatic heterocycles. The molecule has 1 heterocycles. The summed E-state index contributed by atoms with van der Waals surface area (Å²) < 4.78 is 7.33. The van der Waals surface area contributed by atoms with Crippen molar-refractivity contribution >= 4 is 23.4 Å². The number of nitrogens with zero attached hydrogens (tertiary/aromatic N) is 3. The molecule has 0 aliphatic carbocycles. The van der Waals surface area contributed by atoms with Gasteiger partial charge in [0.25, 0.3) is 0 Å². The first kappa shape index (κ1) is 14.9. The molecule has 0 bridgehead atoms. The number of halogens is 1. The minimum atomic E-state index is 0.742. The summed E-state index contributed by atoms with van der Waals surface area (Å²) in [6.45, 7) is 0. The summed E-state index contributed by atoms with van der Waals surface area (Å²) in [4.78, 5) is 0. The molecule has 0 saturated carbocycles. The van der Waals surface area contributed by atoms with E-state index < -0.39 is 0 Å². The zero-order chi connectivity index (χ0) is 15.4. The first-order chi connectivity index (χ1) is 10.8. The standard InChI is InChI=1S/C16H14ClN3OS/c1-21-15-5-3-2-4-14(15)20-11-18-19-16(20)22-10-12-6-8-13(17)9-7-12/h2-9,11H,10H2,1H3. The molecule has 0 N–H and O–H groups in total. The van der Waals surface area contributed by atoms with Crippen molar-refractivity contribution in [2.24, 2.45) is 0 Å². The summed E-state index contributed by atoms with van der Waals surface area (Å²) in [7, 11) is 1.66. The normalized spacial score (nSPS) is 10.6. The maximum Gasteiger partial charge on any atom is 0.196 e. The van der Waals surface area contributed by atoms with Crippen LogP contribution >= 0.6 is 23.4 Å². The molecule has 0 radical (unpaired) electrons. The lowest BCUT2D eigenvalue weighted by molar-refractivity contribution is 0.412. The summed E-state index contributed by atoms with van der Waals surface area (Å²) in [6, 6.07) is 15.6. The predicted molar refractivity (Wildman–Crippen MR) is 88.9 cm³/mol. The SMILES string of the molecule is COc1ccccc1-n1cnnc1SCc1ccc(Cl)cc1. The number of benzene rings is 2. The first-order valence-corrected chi connectivity index (χ1v) is 8.05. The number of methoxy groups -OCH3 is 1. The zero-order valence-corrected chi connectivity index (χ0v) is 13.5. The summed E-state index contributed by atoms with van der Waals surface area (Å²) in [5, 5.41) is 9.77. The van der Waals surface area contributed by atoms with Crippen LogP contribution in [0.25, 0.3) is 5.69 Å². The molecule has 22 heavy (non-hydrogen) atoms. The van der Waals surface area contributed by atoms with Crippen LogP contribution in [0.3, 0.4) is 0 Å². The van der Waals surface area contributed by atoms with Crippen LogP contribution in [-0.2, 0) is 5.75 Å². The van der Waals surface area contributed by atoms with Gasteiger partial charge < -0.3 is 4.74 Å². The lowest BCUT2D eigenvalue weighted by Crippen LogP contribution is -1.98. The van der Waals surface area contributed by atoms with E-state index in [1.165, 1.54) is 5.56 Å². The molecule has 0 aliphatic rings. The van der Waals surface area contributed by atoms with Gasteiger partial charge in [0.05, 0.1) is 12.8 Å². The Balaban J connectivity index is 1.81. The highest BCUT2D eigenvalue weighted by Gasteiger charge is 2.11. The minimum absolute atomic E-state index is 0.742. The van der Waals surface area contributed by atoms with E-state index in [1.54, 1.807) is 25.2 Å². The second-order valence-corrected chi connectivity index (χ2v) is 5.95. The number of rotatable bonds is 5. The molecule has 0 fully saturated rings. The van der Waals surface area contributed by atoms with E-state index in [9.17, 15) is 0 Å². The largest absolute Gasteiger partial charge is 0.495 e. The van der Waals surface area contributed by atoms with E-state index in [2.05, 4.69) is 10.2 Å². The molecule has 112 valence electrons. The molecule has 0 unspecified atom stereocenters. The highest BCUT2D eigenvalue weighted by molar-refractivity contribution is 7.98. The van der Waals surface area contributed by atoms with Gasteiger partial charge in [-0.1, -0.05) is 47.6 Å². The van der Waals surface area contributed by atoms with Gasteiger partial charge in [0.15, 0.2) is 5.16 Å². The van der Waals surface area contributed by atoms with Gasteiger partial charge in [0.1, 0.15) is 12.1 Å². The van der Waals surface area contributed by atoms with Crippen molar-refractivity contribution in [2.75, 3.05) is 7.11 Å². The monoisotopic (exact) mass is 331 g/mol. The molecule has 3 rings (SSSR count). The van der Waals surface area contributed by atoms with Gasteiger partial charge >= 0.3 is 0 Å². The van der Waals surface area contributed by atoms with Gasteiger partial charge in [-0.15, -0.1) is 10.2 Å². The van der Waals surface area contributed by atoms with Crippen molar-refractivity contribution in [2.45, 2.75) is 10.9 Å². The molecule has 3 aromatic rings. The Morgan fingerprint density at radius 2 is 1.91 bits per heavy atom. The minimum Gasteiger partial charge on any atom is -0.495 e. The van der Waals surface area contributed by atoms with E-state index >= 15 is 0 Å². The van der Waals surface area contributed by atoms with Crippen LogP contribution in [0.4, 0.5) is 0 Å². The van der Waals surface area contributed by atoms with E-state index in [0.29, 0.717) is 0 Å². The number of thioether (sulfide) groups is 1. The van der Waals surface area contributed by atoms with Crippen molar-refractivity contribution in [3.63, 3.8) is 0 Å². The number of para-hydroxylation sites is 2. The Kier molecular flexibility index (Phi) is 4.65. The third kappa shape index (κ3) is 3.26. The Hall–Kier alpha value is -1.98. The van der Waals surface area contributed by atoms with Crippen LogP contribution in [0.1, 0.15) is 5.56 Å². The molecule has 2 aromatic carbocycles. The quantitative estimate of drug-likeness (QED) is 0.656. The molecular weight excluding hydrogens is 318 g/mol. The summed E-state index contributed by atoms with van der Waals surface area (Å²) in [6.07, 6.45) is 1.70. The molecule has 0 aliphatic heterocycles. The molecule has 0 atom stereocenters. The van der Waals surface area contributed by atoms with E-state index in [0.717, 1.165) is 27.4 Å². The van der Waals surface area contributed by atoms with E-state index in [-0.39, 0.29) is 0 Å². The van der Waals surface area contributed by atoms with Crippen LogP contribution in [0.15, 0.2) is 60.0 Å². The van der Waals surface area contributed by atoms with Gasteiger partial charge in [-0.25, -0.2) is 0 Å². The van der Waals surface area contributed by atoms with Crippen molar-refractivity contribution in [1.82, 2.24) is 14.8 Å². The van der Waals surface area contributed by atoms with E-state index in [4.69, 9.17) is 16.3 Å². The highest BCUT2D eigenvalue weighted by Crippen LogP contribution is 2.28. The smallest absolute Gasteiger partial charge is 0.196 e. The number of hydrogen-bond acceptors (Lipinski definition) is 4. The maximum atomic E-state index is 5.90.